The van der Waals surface area contributed by atoms with Crippen LogP contribution in [0.5, 0.6) is 0 Å². The molecule has 5 nitrogen and oxygen atoms in total. The molecule has 3 aromatic heterocycles. The topological polar surface area (TPSA) is 16.2 Å². The zero-order chi connectivity index (χ0) is 56.1. The Labute approximate surface area is 510 Å². The molecular formula is C76H47B2N5S3. The monoisotopic (exact) mass is 1150 g/mol. The summed E-state index contributed by atoms with van der Waals surface area (Å²) in [5.41, 5.74) is 23.0. The summed E-state index contributed by atoms with van der Waals surface area (Å²) in [5.74, 6) is 0. The van der Waals surface area contributed by atoms with Crippen molar-refractivity contribution < 1.29 is 0 Å². The minimum Gasteiger partial charge on any atom is -0.311 e. The largest absolute Gasteiger partial charge is 0.311 e. The molecule has 0 radical (unpaired) electrons. The zero-order valence-corrected chi connectivity index (χ0v) is 48.7. The van der Waals surface area contributed by atoms with Gasteiger partial charge in [-0.15, -0.1) is 34.0 Å². The van der Waals surface area contributed by atoms with E-state index in [0.29, 0.717) is 0 Å². The molecule has 10 heteroatoms. The number of hydrogen-bond donors (Lipinski definition) is 0. The normalized spacial score (nSPS) is 13.4. The first-order valence-electron chi connectivity index (χ1n) is 29.4. The van der Waals surface area contributed by atoms with Gasteiger partial charge in [0, 0.05) is 108 Å². The van der Waals surface area contributed by atoms with E-state index in [2.05, 4.69) is 310 Å². The molecule has 15 aromatic rings. The highest BCUT2D eigenvalue weighted by molar-refractivity contribution is 7.34. The molecule has 0 spiro atoms. The molecule has 19 rings (SSSR count). The predicted molar refractivity (Wildman–Crippen MR) is 373 cm³/mol. The van der Waals surface area contributed by atoms with Gasteiger partial charge < -0.3 is 24.5 Å². The van der Waals surface area contributed by atoms with Crippen LogP contribution >= 0.6 is 34.0 Å². The van der Waals surface area contributed by atoms with Crippen molar-refractivity contribution in [3.8, 4) is 0 Å². The van der Waals surface area contributed by atoms with E-state index >= 15 is 0 Å². The average Bonchev–Trinajstić information content (AvgIpc) is 1.45. The maximum atomic E-state index is 2.59. The Kier molecular flexibility index (Phi) is 10.5. The fraction of sp³-hybridized carbons (Fsp3) is 0. The molecule has 0 bridgehead atoms. The summed E-state index contributed by atoms with van der Waals surface area (Å²) >= 11 is 5.80. The summed E-state index contributed by atoms with van der Waals surface area (Å²) in [6, 6.07) is 106. The Hall–Kier alpha value is -10.1. The number of nitrogens with zero attached hydrogens (tertiary/aromatic N) is 5. The molecule has 0 amide bonds. The van der Waals surface area contributed by atoms with Gasteiger partial charge in [0.2, 0.25) is 0 Å². The summed E-state index contributed by atoms with van der Waals surface area (Å²) < 4.78 is 6.54. The SMILES string of the molecule is c1ccc(N(c2ccccc2)c2cc3c4c(c2)N(c2ccccc2)c2sc5ccccc5c2B4c2cc4sc5cc6c(cc5c4cc2N3c2ccccc2)N(c2ccccc2)c2cccc3c2B6c2sc4ccccc4c2N3c2ccccc2)cc1. The molecule has 4 aliphatic heterocycles. The van der Waals surface area contributed by atoms with Crippen LogP contribution in [0.1, 0.15) is 0 Å². The van der Waals surface area contributed by atoms with Crippen LogP contribution in [0.3, 0.4) is 0 Å². The molecule has 400 valence electrons. The second kappa shape index (κ2) is 18.7. The molecule has 0 fully saturated rings. The summed E-state index contributed by atoms with van der Waals surface area (Å²) in [5, 5.41) is 6.37. The fourth-order valence-electron chi connectivity index (χ4n) is 14.7. The van der Waals surface area contributed by atoms with Crippen molar-refractivity contribution in [2.45, 2.75) is 0 Å². The van der Waals surface area contributed by atoms with Gasteiger partial charge in [0.15, 0.2) is 0 Å². The van der Waals surface area contributed by atoms with E-state index in [9.17, 15) is 0 Å². The highest BCUT2D eigenvalue weighted by Gasteiger charge is 2.48. The van der Waals surface area contributed by atoms with E-state index in [0.717, 1.165) is 34.1 Å². The molecule has 0 unspecified atom stereocenters. The van der Waals surface area contributed by atoms with Gasteiger partial charge in [-0.2, -0.15) is 0 Å². The lowest BCUT2D eigenvalue weighted by Crippen LogP contribution is -2.61. The maximum Gasteiger partial charge on any atom is 0.264 e. The number of rotatable bonds is 7. The maximum absolute atomic E-state index is 2.59. The average molecular weight is 1150 g/mol. The van der Waals surface area contributed by atoms with Gasteiger partial charge >= 0.3 is 0 Å². The first-order chi connectivity index (χ1) is 42.7. The van der Waals surface area contributed by atoms with E-state index in [1.54, 1.807) is 0 Å². The van der Waals surface area contributed by atoms with Gasteiger partial charge in [-0.1, -0.05) is 152 Å². The van der Waals surface area contributed by atoms with Gasteiger partial charge in [-0.05, 0) is 166 Å². The lowest BCUT2D eigenvalue weighted by atomic mass is 9.33. The van der Waals surface area contributed by atoms with Crippen LogP contribution in [0.2, 0.25) is 0 Å². The Balaban J connectivity index is 0.904. The summed E-state index contributed by atoms with van der Waals surface area (Å²) in [4.78, 5) is 12.7. The van der Waals surface area contributed by atoms with Crippen molar-refractivity contribution in [2.75, 3.05) is 24.5 Å². The van der Waals surface area contributed by atoms with Gasteiger partial charge in [0.05, 0.1) is 16.4 Å². The van der Waals surface area contributed by atoms with Gasteiger partial charge in [-0.3, -0.25) is 0 Å². The first-order valence-corrected chi connectivity index (χ1v) is 31.8. The van der Waals surface area contributed by atoms with E-state index < -0.39 is 0 Å². The second-order valence-corrected chi connectivity index (χ2v) is 25.9. The summed E-state index contributed by atoms with van der Waals surface area (Å²) in [7, 11) is 0. The Bertz CT molecular complexity index is 5190. The third-order valence-electron chi connectivity index (χ3n) is 18.1. The highest BCUT2D eigenvalue weighted by Crippen LogP contribution is 2.53. The molecule has 86 heavy (non-hydrogen) atoms. The summed E-state index contributed by atoms with van der Waals surface area (Å²) in [6.07, 6.45) is 0. The minimum absolute atomic E-state index is 0.00783. The van der Waals surface area contributed by atoms with Crippen molar-refractivity contribution in [2.24, 2.45) is 0 Å². The molecule has 0 saturated carbocycles. The molecule has 0 saturated heterocycles. The fourth-order valence-corrected chi connectivity index (χ4v) is 18.5. The van der Waals surface area contributed by atoms with Crippen LogP contribution in [0.4, 0.5) is 84.6 Å². The van der Waals surface area contributed by atoms with Crippen molar-refractivity contribution in [3.05, 3.63) is 285 Å². The number of anilines is 15. The zero-order valence-electron chi connectivity index (χ0n) is 46.3. The lowest BCUT2D eigenvalue weighted by molar-refractivity contribution is 1.24. The van der Waals surface area contributed by atoms with Gasteiger partial charge in [0.1, 0.15) is 0 Å². The number of thiophene rings is 3. The standard InChI is InChI=1S/C76H47B2N5S3/c1-7-24-48(25-8-1)79(49-26-9-2-10-27-49)54-42-65-73-66(43-54)83(53-34-17-6-18-35-53)76-71(55-36-19-21-40-67(55)86-76)77(73)59-46-69-57(44-63(59)81(65)51-30-13-4-14-31-51)58-45-64-60(47-70(58)84-69)78-72-61(80(64)50-28-11-3-12-29-50)38-23-39-62(72)82(52-32-15-5-16-33-52)74-56-37-20-22-41-68(56)85-75(74)78/h1-47H. The van der Waals surface area contributed by atoms with Crippen LogP contribution in [0.15, 0.2) is 285 Å². The predicted octanol–water partition coefficient (Wildman–Crippen LogP) is 18.1. The molecule has 7 heterocycles. The molecule has 0 atom stereocenters. The number of fused-ring (bicyclic) bond motifs is 15. The molecular weight excluding hydrogens is 1100 g/mol. The van der Waals surface area contributed by atoms with Crippen molar-refractivity contribution >= 4 is 204 Å². The highest BCUT2D eigenvalue weighted by atomic mass is 32.1. The minimum atomic E-state index is -0.0810. The van der Waals surface area contributed by atoms with Crippen LogP contribution in [-0.2, 0) is 0 Å². The van der Waals surface area contributed by atoms with Crippen LogP contribution in [0.25, 0.3) is 40.3 Å². The van der Waals surface area contributed by atoms with Crippen LogP contribution < -0.4 is 56.6 Å². The van der Waals surface area contributed by atoms with Crippen molar-refractivity contribution in [1.82, 2.24) is 0 Å². The third kappa shape index (κ3) is 6.94. The van der Waals surface area contributed by atoms with Crippen LogP contribution in [0, 0.1) is 0 Å². The molecule has 0 aliphatic carbocycles. The Morgan fingerprint density at radius 3 is 1.27 bits per heavy atom. The van der Waals surface area contributed by atoms with E-state index in [4.69, 9.17) is 0 Å². The van der Waals surface area contributed by atoms with E-state index in [1.807, 2.05) is 34.0 Å². The Morgan fingerprint density at radius 2 is 0.698 bits per heavy atom. The molecule has 12 aromatic carbocycles. The second-order valence-electron chi connectivity index (χ2n) is 22.7. The summed E-state index contributed by atoms with van der Waals surface area (Å²) in [6.45, 7) is -0.0732. The number of hydrogen-bond acceptors (Lipinski definition) is 8. The van der Waals surface area contributed by atoms with E-state index in [-0.39, 0.29) is 13.4 Å². The smallest absolute Gasteiger partial charge is 0.264 e. The van der Waals surface area contributed by atoms with Crippen molar-refractivity contribution in [1.29, 1.82) is 0 Å². The molecule has 0 N–H and O–H groups in total. The molecule has 4 aliphatic rings. The third-order valence-corrected chi connectivity index (χ3v) is 21.6. The quantitative estimate of drug-likeness (QED) is 0.147. The number of para-hydroxylation sites is 6. The van der Waals surface area contributed by atoms with Crippen molar-refractivity contribution in [3.63, 3.8) is 0 Å². The first kappa shape index (κ1) is 48.3. The Morgan fingerprint density at radius 1 is 0.267 bits per heavy atom. The van der Waals surface area contributed by atoms with Crippen LogP contribution in [-0.4, -0.2) is 13.4 Å². The van der Waals surface area contributed by atoms with Gasteiger partial charge in [0.25, 0.3) is 13.4 Å². The number of benzene rings is 12. The van der Waals surface area contributed by atoms with Gasteiger partial charge in [-0.25, -0.2) is 0 Å². The lowest BCUT2D eigenvalue weighted by Gasteiger charge is -2.44. The van der Waals surface area contributed by atoms with E-state index in [1.165, 1.54) is 123 Å².